The topological polar surface area (TPSA) is 145 Å². The maximum atomic E-state index is 12.9. The Kier molecular flexibility index (Phi) is 5.90. The monoisotopic (exact) mass is 518 g/mol. The molecule has 12 heteroatoms. The minimum absolute atomic E-state index is 0.000504. The molecule has 6 heterocycles. The van der Waals surface area contributed by atoms with Crippen molar-refractivity contribution in [3.05, 3.63) is 48.0 Å². The molecule has 2 aliphatic heterocycles. The summed E-state index contributed by atoms with van der Waals surface area (Å²) in [6, 6.07) is 5.35. The third-order valence-electron chi connectivity index (χ3n) is 7.71. The van der Waals surface area contributed by atoms with Gasteiger partial charge in [-0.05, 0) is 44.7 Å². The summed E-state index contributed by atoms with van der Waals surface area (Å²) in [5, 5.41) is 18.0. The molecule has 196 valence electrons. The Labute approximate surface area is 217 Å². The van der Waals surface area contributed by atoms with Gasteiger partial charge in [0.15, 0.2) is 18.2 Å². The lowest BCUT2D eigenvalue weighted by molar-refractivity contribution is -0.138. The van der Waals surface area contributed by atoms with E-state index in [2.05, 4.69) is 15.2 Å². The first-order chi connectivity index (χ1) is 18.4. The Balaban J connectivity index is 1.39. The van der Waals surface area contributed by atoms with Crippen LogP contribution in [0, 0.1) is 0 Å². The van der Waals surface area contributed by atoms with Crippen LogP contribution in [0.15, 0.2) is 36.8 Å². The number of nitrogens with zero attached hydrogens (tertiary/aromatic N) is 7. The van der Waals surface area contributed by atoms with Crippen molar-refractivity contribution in [2.24, 2.45) is 0 Å². The lowest BCUT2D eigenvalue weighted by atomic mass is 9.85. The number of piperidine rings is 1. The molecule has 0 aromatic carbocycles. The molecule has 2 fully saturated rings. The number of rotatable bonds is 6. The predicted molar refractivity (Wildman–Crippen MR) is 136 cm³/mol. The highest BCUT2D eigenvalue weighted by molar-refractivity contribution is 6.00. The number of aromatic nitrogens is 6. The van der Waals surface area contributed by atoms with Crippen molar-refractivity contribution >= 4 is 23.2 Å². The van der Waals surface area contributed by atoms with Gasteiger partial charge in [-0.25, -0.2) is 14.1 Å². The number of alkyl halides is 1. The number of halogens is 1. The predicted octanol–water partition coefficient (Wildman–Crippen LogP) is 2.60. The van der Waals surface area contributed by atoms with Crippen molar-refractivity contribution in [3.63, 3.8) is 0 Å². The zero-order valence-corrected chi connectivity index (χ0v) is 20.8. The first-order valence-corrected chi connectivity index (χ1v) is 12.6. The average Bonchev–Trinajstić information content (AvgIpc) is 3.64. The molecule has 4 aromatic heterocycles. The zero-order valence-electron chi connectivity index (χ0n) is 20.8. The first-order valence-electron chi connectivity index (χ1n) is 12.6. The van der Waals surface area contributed by atoms with Crippen molar-refractivity contribution in [2.45, 2.75) is 57.4 Å². The van der Waals surface area contributed by atoms with Gasteiger partial charge in [-0.1, -0.05) is 6.07 Å². The number of hydrogen-bond acceptors (Lipinski definition) is 8. The van der Waals surface area contributed by atoms with Crippen LogP contribution < -0.4 is 5.73 Å². The molecular formula is C26H27FN8O3. The lowest BCUT2D eigenvalue weighted by Gasteiger charge is -2.39. The normalized spacial score (nSPS) is 20.8. The molecule has 2 saturated heterocycles. The van der Waals surface area contributed by atoms with E-state index in [0.717, 1.165) is 18.4 Å². The van der Waals surface area contributed by atoms with Crippen LogP contribution in [0.25, 0.3) is 28.2 Å². The summed E-state index contributed by atoms with van der Waals surface area (Å²) < 4.78 is 15.5. The van der Waals surface area contributed by atoms with Gasteiger partial charge in [0.05, 0.1) is 23.1 Å². The molecule has 0 aliphatic carbocycles. The smallest absolute Gasteiger partial charge is 0.248 e. The number of carbonyl (C=O) groups excluding carboxylic acids is 2. The van der Waals surface area contributed by atoms with Crippen LogP contribution in [0.4, 0.5) is 10.2 Å². The summed E-state index contributed by atoms with van der Waals surface area (Å²) in [5.41, 5.74) is 10.6. The van der Waals surface area contributed by atoms with Gasteiger partial charge in [-0.15, -0.1) is 0 Å². The van der Waals surface area contributed by atoms with Crippen molar-refractivity contribution in [1.29, 1.82) is 0 Å². The Morgan fingerprint density at radius 1 is 1.13 bits per heavy atom. The number of nitrogen functional groups attached to an aromatic ring is 1. The molecule has 11 nitrogen and oxygen atoms in total. The van der Waals surface area contributed by atoms with E-state index in [-0.39, 0.29) is 35.5 Å². The van der Waals surface area contributed by atoms with Crippen molar-refractivity contribution in [3.8, 4) is 22.5 Å². The number of carbonyl (C=O) groups is 2. The summed E-state index contributed by atoms with van der Waals surface area (Å²) >= 11 is 0. The number of aliphatic hydroxyl groups excluding tert-OH is 1. The Morgan fingerprint density at radius 3 is 2.50 bits per heavy atom. The van der Waals surface area contributed by atoms with Gasteiger partial charge >= 0.3 is 0 Å². The van der Waals surface area contributed by atoms with E-state index in [9.17, 15) is 19.1 Å². The average molecular weight is 519 g/mol. The number of hydrogen-bond donors (Lipinski definition) is 2. The number of pyridine rings is 1. The Morgan fingerprint density at radius 2 is 1.89 bits per heavy atom. The van der Waals surface area contributed by atoms with Crippen molar-refractivity contribution < 1.29 is 19.1 Å². The summed E-state index contributed by atoms with van der Waals surface area (Å²) in [6.45, 7) is 0.257. The van der Waals surface area contributed by atoms with E-state index in [1.807, 2.05) is 6.07 Å². The van der Waals surface area contributed by atoms with Gasteiger partial charge in [0.25, 0.3) is 0 Å². The van der Waals surface area contributed by atoms with E-state index < -0.39 is 13.4 Å². The van der Waals surface area contributed by atoms with E-state index in [4.69, 9.17) is 10.7 Å². The minimum Gasteiger partial charge on any atom is -0.387 e. The van der Waals surface area contributed by atoms with Gasteiger partial charge < -0.3 is 15.7 Å². The van der Waals surface area contributed by atoms with Crippen molar-refractivity contribution in [2.75, 3.05) is 12.3 Å². The van der Waals surface area contributed by atoms with Crippen LogP contribution in [-0.4, -0.2) is 69.7 Å². The summed E-state index contributed by atoms with van der Waals surface area (Å²) in [5.74, 6) is -0.276. The fraction of sp³-hybridized carbons (Fsp3) is 0.385. The molecule has 1 amide bonds. The number of amides is 1. The third-order valence-corrected chi connectivity index (χ3v) is 7.71. The molecule has 6 rings (SSSR count). The third kappa shape index (κ3) is 3.83. The quantitative estimate of drug-likeness (QED) is 0.371. The van der Waals surface area contributed by atoms with E-state index in [1.54, 1.807) is 35.6 Å². The van der Waals surface area contributed by atoms with Crippen LogP contribution in [0.1, 0.15) is 54.6 Å². The SMILES string of the molecule is CC(=O)c1c([C@@H]2CC3CC[C@@H](C2)N3C(=O)CO)nc2c(-c3ccc(-c4ccn(CF)n4)nc3)cnn2c1N. The van der Waals surface area contributed by atoms with Crippen LogP contribution in [-0.2, 0) is 11.6 Å². The highest BCUT2D eigenvalue weighted by Gasteiger charge is 2.44. The van der Waals surface area contributed by atoms with Crippen LogP contribution in [0.3, 0.4) is 0 Å². The second-order valence-corrected chi connectivity index (χ2v) is 9.91. The first kappa shape index (κ1) is 24.2. The highest BCUT2D eigenvalue weighted by Crippen LogP contribution is 2.44. The van der Waals surface area contributed by atoms with E-state index in [0.29, 0.717) is 46.7 Å². The summed E-state index contributed by atoms with van der Waals surface area (Å²) in [7, 11) is 0. The molecule has 2 aliphatic rings. The maximum Gasteiger partial charge on any atom is 0.248 e. The van der Waals surface area contributed by atoms with Crippen LogP contribution in [0.2, 0.25) is 0 Å². The van der Waals surface area contributed by atoms with Gasteiger partial charge in [0.1, 0.15) is 18.1 Å². The number of nitrogens with two attached hydrogens (primary N) is 1. The molecule has 1 unspecified atom stereocenters. The molecule has 0 spiro atoms. The second-order valence-electron chi connectivity index (χ2n) is 9.91. The van der Waals surface area contributed by atoms with Gasteiger partial charge in [-0.3, -0.25) is 14.6 Å². The maximum absolute atomic E-state index is 12.9. The van der Waals surface area contributed by atoms with Gasteiger partial charge in [0, 0.05) is 41.5 Å². The number of ketones is 1. The minimum atomic E-state index is -0.712. The molecular weight excluding hydrogens is 491 g/mol. The Hall–Kier alpha value is -4.19. The highest BCUT2D eigenvalue weighted by atomic mass is 19.1. The largest absolute Gasteiger partial charge is 0.387 e. The molecule has 4 aromatic rings. The standard InChI is InChI=1S/C26H27FN8O3/c1-14(37)23-24(16-8-17-3-4-18(9-16)34(17)22(38)12-36)31-26-19(11-30-35(26)25(23)28)15-2-5-20(29-10-15)21-6-7-33(13-27)32-21/h2,5-7,10-11,16-18,36H,3-4,8-9,12-13,28H2,1H3/t16-,17-,18?/m0/s1. The van der Waals surface area contributed by atoms with Gasteiger partial charge in [-0.2, -0.15) is 14.7 Å². The molecule has 38 heavy (non-hydrogen) atoms. The second kappa shape index (κ2) is 9.28. The number of anilines is 1. The molecule has 2 bridgehead atoms. The number of aliphatic hydroxyl groups is 1. The summed E-state index contributed by atoms with van der Waals surface area (Å²) in [6.07, 6.45) is 7.89. The number of fused-ring (bicyclic) bond motifs is 3. The summed E-state index contributed by atoms with van der Waals surface area (Å²) in [4.78, 5) is 36.3. The molecule has 0 radical (unpaired) electrons. The van der Waals surface area contributed by atoms with Gasteiger partial charge in [0.2, 0.25) is 5.91 Å². The number of Topliss-reactive ketones (excluding diaryl/α,β-unsaturated/α-hetero) is 1. The fourth-order valence-corrected chi connectivity index (χ4v) is 6.05. The lowest BCUT2D eigenvalue weighted by Crippen LogP contribution is -2.47. The van der Waals surface area contributed by atoms with E-state index in [1.165, 1.54) is 16.1 Å². The molecule has 0 saturated carbocycles. The Bertz CT molecular complexity index is 1530. The van der Waals surface area contributed by atoms with Crippen LogP contribution in [0.5, 0.6) is 0 Å². The fourth-order valence-electron chi connectivity index (χ4n) is 6.05. The molecule has 3 atom stereocenters. The molecule has 3 N–H and O–H groups in total. The van der Waals surface area contributed by atoms with E-state index >= 15 is 0 Å². The zero-order chi connectivity index (χ0) is 26.6. The van der Waals surface area contributed by atoms with Crippen molar-refractivity contribution in [1.82, 2.24) is 34.3 Å². The van der Waals surface area contributed by atoms with Crippen LogP contribution >= 0.6 is 0 Å².